The van der Waals surface area contributed by atoms with Gasteiger partial charge in [-0.2, -0.15) is 0 Å². The van der Waals surface area contributed by atoms with Gasteiger partial charge in [0.2, 0.25) is 5.91 Å². The molecule has 2 aromatic rings. The van der Waals surface area contributed by atoms with Gasteiger partial charge in [-0.25, -0.2) is 0 Å². The lowest BCUT2D eigenvalue weighted by molar-refractivity contribution is -0.117. The molecular weight excluding hydrogens is 310 g/mol. The minimum absolute atomic E-state index is 0.0568. The molecule has 0 heterocycles. The van der Waals surface area contributed by atoms with Crippen molar-refractivity contribution in [3.05, 3.63) is 70.8 Å². The van der Waals surface area contributed by atoms with Crippen molar-refractivity contribution in [2.45, 2.75) is 39.5 Å². The van der Waals surface area contributed by atoms with Crippen LogP contribution in [-0.4, -0.2) is 17.6 Å². The topological polar surface area (TPSA) is 49.3 Å². The number of amides is 1. The number of hydrogen-bond acceptors (Lipinski definition) is 2. The van der Waals surface area contributed by atoms with Crippen LogP contribution < -0.4 is 5.32 Å². The molecule has 0 aromatic heterocycles. The Balaban J connectivity index is 1.90. The summed E-state index contributed by atoms with van der Waals surface area (Å²) < 4.78 is 0. The van der Waals surface area contributed by atoms with Crippen molar-refractivity contribution in [1.82, 2.24) is 5.32 Å². The van der Waals surface area contributed by atoms with Crippen molar-refractivity contribution < 1.29 is 9.90 Å². The molecule has 0 atom stereocenters. The maximum atomic E-state index is 12.2. The van der Waals surface area contributed by atoms with Crippen LogP contribution in [0.2, 0.25) is 0 Å². The molecule has 0 bridgehead atoms. The second-order valence-electron chi connectivity index (χ2n) is 7.37. The van der Waals surface area contributed by atoms with Crippen LogP contribution in [0.3, 0.4) is 0 Å². The van der Waals surface area contributed by atoms with Crippen LogP contribution in [0.1, 0.15) is 44.4 Å². The van der Waals surface area contributed by atoms with Crippen molar-refractivity contribution >= 4 is 12.0 Å². The summed E-state index contributed by atoms with van der Waals surface area (Å²) in [4.78, 5) is 12.2. The maximum absolute atomic E-state index is 12.2. The van der Waals surface area contributed by atoms with Gasteiger partial charge in [0, 0.05) is 12.1 Å². The molecule has 1 amide bonds. The van der Waals surface area contributed by atoms with Crippen molar-refractivity contribution in [2.75, 3.05) is 6.54 Å². The largest absolute Gasteiger partial charge is 0.508 e. The molecule has 0 aliphatic carbocycles. The van der Waals surface area contributed by atoms with Crippen molar-refractivity contribution in [3.63, 3.8) is 0 Å². The number of nitrogens with one attached hydrogen (secondary N) is 1. The highest BCUT2D eigenvalue weighted by Gasteiger charge is 2.12. The highest BCUT2D eigenvalue weighted by molar-refractivity contribution is 5.97. The van der Waals surface area contributed by atoms with Gasteiger partial charge < -0.3 is 10.4 Å². The molecule has 2 aromatic carbocycles. The zero-order valence-corrected chi connectivity index (χ0v) is 15.5. The van der Waals surface area contributed by atoms with Crippen molar-refractivity contribution in [3.8, 4) is 5.75 Å². The van der Waals surface area contributed by atoms with Gasteiger partial charge in [-0.05, 0) is 53.7 Å². The summed E-state index contributed by atoms with van der Waals surface area (Å²) in [7, 11) is 0. The third-order valence-electron chi connectivity index (χ3n) is 4.15. The highest BCUT2D eigenvalue weighted by Crippen LogP contribution is 2.22. The first-order valence-corrected chi connectivity index (χ1v) is 8.60. The SMILES string of the molecule is C/C(=C\c1ccc(C(C)(C)C)cc1)C(=O)NCCc1ccc(O)cc1. The third-order valence-corrected chi connectivity index (χ3v) is 4.15. The van der Waals surface area contributed by atoms with E-state index < -0.39 is 0 Å². The number of aromatic hydroxyl groups is 1. The molecule has 0 saturated heterocycles. The average molecular weight is 337 g/mol. The summed E-state index contributed by atoms with van der Waals surface area (Å²) in [5, 5.41) is 12.2. The summed E-state index contributed by atoms with van der Waals surface area (Å²) >= 11 is 0. The van der Waals surface area contributed by atoms with Gasteiger partial charge >= 0.3 is 0 Å². The van der Waals surface area contributed by atoms with Crippen molar-refractivity contribution in [1.29, 1.82) is 0 Å². The number of rotatable bonds is 5. The minimum Gasteiger partial charge on any atom is -0.508 e. The standard InChI is InChI=1S/C22H27NO2/c1-16(15-18-5-9-19(10-6-18)22(2,3)4)21(25)23-14-13-17-7-11-20(24)12-8-17/h5-12,15,24H,13-14H2,1-4H3,(H,23,25)/b16-15+. The first-order valence-electron chi connectivity index (χ1n) is 8.60. The van der Waals surface area contributed by atoms with E-state index in [0.29, 0.717) is 12.1 Å². The second kappa shape index (κ2) is 8.02. The molecule has 2 N–H and O–H groups in total. The fraction of sp³-hybridized carbons (Fsp3) is 0.318. The molecule has 3 nitrogen and oxygen atoms in total. The lowest BCUT2D eigenvalue weighted by Crippen LogP contribution is -2.26. The molecule has 2 rings (SSSR count). The van der Waals surface area contributed by atoms with Crippen LogP contribution >= 0.6 is 0 Å². The smallest absolute Gasteiger partial charge is 0.246 e. The Morgan fingerprint density at radius 1 is 1.04 bits per heavy atom. The molecule has 3 heteroatoms. The van der Waals surface area contributed by atoms with E-state index in [2.05, 4.69) is 38.2 Å². The molecule has 132 valence electrons. The quantitative estimate of drug-likeness (QED) is 0.792. The number of hydrogen-bond donors (Lipinski definition) is 2. The van der Waals surface area contributed by atoms with E-state index in [1.807, 2.05) is 37.3 Å². The first kappa shape index (κ1) is 18.8. The Labute approximate surface area is 150 Å². The molecular formula is C22H27NO2. The van der Waals surface area contributed by atoms with Gasteiger partial charge in [-0.3, -0.25) is 4.79 Å². The number of benzene rings is 2. The van der Waals surface area contributed by atoms with E-state index in [0.717, 1.165) is 17.5 Å². The molecule has 0 aliphatic rings. The van der Waals surface area contributed by atoms with Crippen LogP contribution in [0.4, 0.5) is 0 Å². The molecule has 0 radical (unpaired) electrons. The van der Waals surface area contributed by atoms with E-state index in [1.54, 1.807) is 12.1 Å². The zero-order chi connectivity index (χ0) is 18.4. The van der Waals surface area contributed by atoms with Gasteiger partial charge in [0.1, 0.15) is 5.75 Å². The number of phenols is 1. The molecule has 0 fully saturated rings. The fourth-order valence-electron chi connectivity index (χ4n) is 2.52. The predicted molar refractivity (Wildman–Crippen MR) is 104 cm³/mol. The van der Waals surface area contributed by atoms with Crippen LogP contribution in [0.25, 0.3) is 6.08 Å². The van der Waals surface area contributed by atoms with Gasteiger partial charge in [-0.15, -0.1) is 0 Å². The number of carbonyl (C=O) groups excluding carboxylic acids is 1. The maximum Gasteiger partial charge on any atom is 0.246 e. The molecule has 0 aliphatic heterocycles. The Bertz CT molecular complexity index is 735. The Morgan fingerprint density at radius 2 is 1.64 bits per heavy atom. The van der Waals surface area contributed by atoms with E-state index >= 15 is 0 Å². The first-order chi connectivity index (χ1) is 11.8. The average Bonchev–Trinajstić information content (AvgIpc) is 2.56. The third kappa shape index (κ3) is 5.79. The van der Waals surface area contributed by atoms with E-state index in [4.69, 9.17) is 0 Å². The zero-order valence-electron chi connectivity index (χ0n) is 15.5. The van der Waals surface area contributed by atoms with E-state index in [9.17, 15) is 9.90 Å². The van der Waals surface area contributed by atoms with Gasteiger partial charge in [0.15, 0.2) is 0 Å². The summed E-state index contributed by atoms with van der Waals surface area (Å²) in [5.41, 5.74) is 4.20. The fourth-order valence-corrected chi connectivity index (χ4v) is 2.52. The lowest BCUT2D eigenvalue weighted by atomic mass is 9.86. The second-order valence-corrected chi connectivity index (χ2v) is 7.37. The molecule has 25 heavy (non-hydrogen) atoms. The van der Waals surface area contributed by atoms with Crippen LogP contribution in [0, 0.1) is 0 Å². The lowest BCUT2D eigenvalue weighted by Gasteiger charge is -2.18. The summed E-state index contributed by atoms with van der Waals surface area (Å²) in [6.45, 7) is 8.95. The predicted octanol–water partition coefficient (Wildman–Crippen LogP) is 4.45. The van der Waals surface area contributed by atoms with E-state index in [1.165, 1.54) is 5.56 Å². The highest BCUT2D eigenvalue weighted by atomic mass is 16.3. The number of phenolic OH excluding ortho intramolecular Hbond substituents is 1. The van der Waals surface area contributed by atoms with Crippen LogP contribution in [0.15, 0.2) is 54.1 Å². The van der Waals surface area contributed by atoms with Crippen LogP contribution in [0.5, 0.6) is 5.75 Å². The number of carbonyl (C=O) groups is 1. The molecule has 0 unspecified atom stereocenters. The van der Waals surface area contributed by atoms with Crippen molar-refractivity contribution in [2.24, 2.45) is 0 Å². The van der Waals surface area contributed by atoms with E-state index in [-0.39, 0.29) is 17.1 Å². The summed E-state index contributed by atoms with van der Waals surface area (Å²) in [5.74, 6) is 0.197. The monoisotopic (exact) mass is 337 g/mol. The minimum atomic E-state index is -0.0568. The molecule has 0 saturated carbocycles. The summed E-state index contributed by atoms with van der Waals surface area (Å²) in [6.07, 6.45) is 2.64. The Hall–Kier alpha value is -2.55. The van der Waals surface area contributed by atoms with Crippen LogP contribution in [-0.2, 0) is 16.6 Å². The Kier molecular flexibility index (Phi) is 6.02. The summed E-state index contributed by atoms with van der Waals surface area (Å²) in [6, 6.07) is 15.4. The Morgan fingerprint density at radius 3 is 2.20 bits per heavy atom. The normalized spacial score (nSPS) is 12.1. The van der Waals surface area contributed by atoms with Gasteiger partial charge in [-0.1, -0.05) is 57.2 Å². The van der Waals surface area contributed by atoms with Gasteiger partial charge in [0.05, 0.1) is 0 Å². The molecule has 0 spiro atoms. The van der Waals surface area contributed by atoms with Gasteiger partial charge in [0.25, 0.3) is 0 Å².